The fourth-order valence-corrected chi connectivity index (χ4v) is 9.50. The molecule has 2 heteroatoms. The molecule has 1 aromatic heterocycles. The van der Waals surface area contributed by atoms with E-state index in [2.05, 4.69) is 252 Å². The predicted octanol–water partition coefficient (Wildman–Crippen LogP) is 16.7. The van der Waals surface area contributed by atoms with E-state index in [1.807, 2.05) is 0 Å². The third-order valence-electron chi connectivity index (χ3n) is 12.6. The number of hydrogen-bond donors (Lipinski definition) is 0. The van der Waals surface area contributed by atoms with Crippen molar-refractivity contribution in [1.82, 2.24) is 4.57 Å². The highest BCUT2D eigenvalue weighted by molar-refractivity contribution is 6.10. The van der Waals surface area contributed by atoms with Crippen LogP contribution in [0.5, 0.6) is 0 Å². The van der Waals surface area contributed by atoms with Gasteiger partial charge in [0.2, 0.25) is 0 Å². The Morgan fingerprint density at radius 2 is 0.710 bits per heavy atom. The molecule has 0 bridgehead atoms. The molecular formula is C60H40N2. The second-order valence-corrected chi connectivity index (χ2v) is 16.1. The van der Waals surface area contributed by atoms with Crippen LogP contribution in [0.15, 0.2) is 243 Å². The molecule has 0 radical (unpaired) electrons. The van der Waals surface area contributed by atoms with Gasteiger partial charge in [-0.2, -0.15) is 0 Å². The maximum Gasteiger partial charge on any atom is 0.0541 e. The number of nitrogens with zero attached hydrogens (tertiary/aromatic N) is 2. The minimum atomic E-state index is 1.10. The van der Waals surface area contributed by atoms with E-state index in [0.29, 0.717) is 0 Å². The second-order valence-electron chi connectivity index (χ2n) is 16.1. The van der Waals surface area contributed by atoms with Crippen LogP contribution in [0.2, 0.25) is 0 Å². The average Bonchev–Trinajstić information content (AvgIpc) is 3.68. The zero-order chi connectivity index (χ0) is 41.0. The van der Waals surface area contributed by atoms with Gasteiger partial charge in [0.15, 0.2) is 0 Å². The largest absolute Gasteiger partial charge is 0.310 e. The fraction of sp³-hybridized carbons (Fsp3) is 0. The first-order valence-electron chi connectivity index (χ1n) is 21.3. The number of para-hydroxylation sites is 3. The molecule has 290 valence electrons. The summed E-state index contributed by atoms with van der Waals surface area (Å²) in [6, 6.07) is 88.4. The van der Waals surface area contributed by atoms with E-state index in [9.17, 15) is 0 Å². The Morgan fingerprint density at radius 3 is 1.40 bits per heavy atom. The molecule has 0 aliphatic carbocycles. The van der Waals surface area contributed by atoms with Crippen molar-refractivity contribution >= 4 is 71.2 Å². The van der Waals surface area contributed by atoms with Crippen LogP contribution in [-0.2, 0) is 0 Å². The van der Waals surface area contributed by atoms with E-state index < -0.39 is 0 Å². The van der Waals surface area contributed by atoms with Gasteiger partial charge in [0, 0.05) is 33.4 Å². The van der Waals surface area contributed by atoms with Crippen LogP contribution in [0, 0.1) is 0 Å². The Balaban J connectivity index is 0.877. The minimum Gasteiger partial charge on any atom is -0.310 e. The third-order valence-corrected chi connectivity index (χ3v) is 12.6. The minimum absolute atomic E-state index is 1.10. The lowest BCUT2D eigenvalue weighted by Crippen LogP contribution is -2.09. The lowest BCUT2D eigenvalue weighted by Gasteiger charge is -2.26. The van der Waals surface area contributed by atoms with Crippen molar-refractivity contribution in [2.24, 2.45) is 0 Å². The van der Waals surface area contributed by atoms with Crippen LogP contribution < -0.4 is 4.90 Å². The first-order chi connectivity index (χ1) is 30.7. The van der Waals surface area contributed by atoms with Gasteiger partial charge in [0.05, 0.1) is 16.7 Å². The zero-order valence-corrected chi connectivity index (χ0v) is 34.0. The molecule has 0 saturated heterocycles. The van der Waals surface area contributed by atoms with E-state index in [1.54, 1.807) is 0 Å². The summed E-state index contributed by atoms with van der Waals surface area (Å²) in [6.07, 6.45) is 0. The molecule has 12 rings (SSSR count). The van der Waals surface area contributed by atoms with Crippen molar-refractivity contribution in [3.63, 3.8) is 0 Å². The Bertz CT molecular complexity index is 3560. The fourth-order valence-electron chi connectivity index (χ4n) is 9.50. The van der Waals surface area contributed by atoms with Gasteiger partial charge in [-0.15, -0.1) is 0 Å². The number of anilines is 3. The lowest BCUT2D eigenvalue weighted by atomic mass is 9.97. The molecular weight excluding hydrogens is 749 g/mol. The summed E-state index contributed by atoms with van der Waals surface area (Å²) in [5.41, 5.74) is 14.1. The molecule has 0 N–H and O–H groups in total. The Morgan fingerprint density at radius 1 is 0.258 bits per heavy atom. The van der Waals surface area contributed by atoms with Crippen molar-refractivity contribution < 1.29 is 0 Å². The van der Waals surface area contributed by atoms with Crippen molar-refractivity contribution in [3.05, 3.63) is 243 Å². The van der Waals surface area contributed by atoms with E-state index in [1.165, 1.54) is 93.2 Å². The summed E-state index contributed by atoms with van der Waals surface area (Å²) >= 11 is 0. The van der Waals surface area contributed by atoms with Gasteiger partial charge in [0.1, 0.15) is 0 Å². The standard InChI is InChI=1S/C60H40N2/c1-2-13-47-40-52(37-31-41(47)11-1)61(51-35-29-44(30-36-51)48-32-38-54-49(39-48)26-25-45-12-3-4-14-53(45)54)50-33-27-43(28-34-50)42-21-23-46(24-22-42)55-15-5-8-18-58(55)62-59-19-9-6-16-56(59)57-17-7-10-20-60(57)62/h1-40H. The number of fused-ring (bicyclic) bond motifs is 7. The Labute approximate surface area is 360 Å². The first kappa shape index (κ1) is 35.7. The average molecular weight is 789 g/mol. The van der Waals surface area contributed by atoms with Crippen molar-refractivity contribution in [2.45, 2.75) is 0 Å². The Kier molecular flexibility index (Phi) is 8.53. The van der Waals surface area contributed by atoms with Crippen LogP contribution in [0.3, 0.4) is 0 Å². The summed E-state index contributed by atoms with van der Waals surface area (Å²) in [4.78, 5) is 2.36. The summed E-state index contributed by atoms with van der Waals surface area (Å²) < 4.78 is 2.41. The van der Waals surface area contributed by atoms with Crippen molar-refractivity contribution in [2.75, 3.05) is 4.90 Å². The van der Waals surface area contributed by atoms with Gasteiger partial charge in [-0.1, -0.05) is 182 Å². The summed E-state index contributed by atoms with van der Waals surface area (Å²) in [5, 5.41) is 10.1. The molecule has 12 aromatic rings. The molecule has 0 spiro atoms. The maximum atomic E-state index is 2.41. The van der Waals surface area contributed by atoms with Gasteiger partial charge in [0.25, 0.3) is 0 Å². The monoisotopic (exact) mass is 788 g/mol. The van der Waals surface area contributed by atoms with Gasteiger partial charge in [-0.05, 0) is 121 Å². The van der Waals surface area contributed by atoms with E-state index in [0.717, 1.165) is 17.1 Å². The summed E-state index contributed by atoms with van der Waals surface area (Å²) in [7, 11) is 0. The number of hydrogen-bond acceptors (Lipinski definition) is 1. The van der Waals surface area contributed by atoms with Crippen LogP contribution in [0.25, 0.3) is 93.2 Å². The zero-order valence-electron chi connectivity index (χ0n) is 34.0. The molecule has 0 fully saturated rings. The van der Waals surface area contributed by atoms with Gasteiger partial charge in [-0.25, -0.2) is 0 Å². The number of rotatable bonds is 7. The second kappa shape index (κ2) is 14.8. The molecule has 0 unspecified atom stereocenters. The third kappa shape index (κ3) is 6.12. The normalized spacial score (nSPS) is 11.5. The number of benzene rings is 11. The van der Waals surface area contributed by atoms with Crippen molar-refractivity contribution in [3.8, 4) is 39.1 Å². The van der Waals surface area contributed by atoms with E-state index in [4.69, 9.17) is 0 Å². The highest BCUT2D eigenvalue weighted by Gasteiger charge is 2.17. The first-order valence-corrected chi connectivity index (χ1v) is 21.3. The molecule has 0 amide bonds. The molecule has 0 atom stereocenters. The quantitative estimate of drug-likeness (QED) is 0.146. The van der Waals surface area contributed by atoms with Gasteiger partial charge < -0.3 is 9.47 Å². The number of aromatic nitrogens is 1. The van der Waals surface area contributed by atoms with Gasteiger partial charge in [-0.3, -0.25) is 0 Å². The van der Waals surface area contributed by atoms with Crippen LogP contribution in [-0.4, -0.2) is 4.57 Å². The molecule has 11 aromatic carbocycles. The smallest absolute Gasteiger partial charge is 0.0541 e. The maximum absolute atomic E-state index is 2.41. The van der Waals surface area contributed by atoms with Crippen LogP contribution in [0.4, 0.5) is 17.1 Å². The van der Waals surface area contributed by atoms with Crippen LogP contribution in [0.1, 0.15) is 0 Å². The molecule has 2 nitrogen and oxygen atoms in total. The van der Waals surface area contributed by atoms with Crippen molar-refractivity contribution in [1.29, 1.82) is 0 Å². The van der Waals surface area contributed by atoms with E-state index in [-0.39, 0.29) is 0 Å². The highest BCUT2D eigenvalue weighted by atomic mass is 15.1. The molecule has 0 saturated carbocycles. The lowest BCUT2D eigenvalue weighted by molar-refractivity contribution is 1.18. The Hall–Kier alpha value is -8.20. The van der Waals surface area contributed by atoms with Gasteiger partial charge >= 0.3 is 0 Å². The summed E-state index contributed by atoms with van der Waals surface area (Å²) in [6.45, 7) is 0. The molecule has 62 heavy (non-hydrogen) atoms. The molecule has 1 heterocycles. The SMILES string of the molecule is c1ccc(-n2c3ccccc3c3ccccc32)c(-c2ccc(-c3ccc(N(c4ccc(-c5ccc6c(ccc7ccccc76)c5)cc4)c4ccc5ccccc5c4)cc3)cc2)c1. The molecule has 0 aliphatic rings. The summed E-state index contributed by atoms with van der Waals surface area (Å²) in [5.74, 6) is 0. The molecule has 0 aliphatic heterocycles. The predicted molar refractivity (Wildman–Crippen MR) is 264 cm³/mol. The van der Waals surface area contributed by atoms with E-state index >= 15 is 0 Å². The topological polar surface area (TPSA) is 8.17 Å². The highest BCUT2D eigenvalue weighted by Crippen LogP contribution is 2.40. The van der Waals surface area contributed by atoms with Crippen LogP contribution >= 0.6 is 0 Å².